The number of anilines is 1. The van der Waals surface area contributed by atoms with Gasteiger partial charge in [0, 0.05) is 16.8 Å². The highest BCUT2D eigenvalue weighted by Gasteiger charge is 2.13. The minimum absolute atomic E-state index is 0.102. The molecule has 0 bridgehead atoms. The standard InChI is InChI=1S/C18H23N3O3/c1-18(2,3)21-16(22)12-19-14-7-4-6-13(10-14)17(23)20-11-15-8-5-9-24-15/h4-10,19H,11-12H2,1-3H3,(H,20,23)(H,21,22). The number of furan rings is 1. The van der Waals surface area contributed by atoms with Crippen LogP contribution < -0.4 is 16.0 Å². The molecule has 0 unspecified atom stereocenters. The lowest BCUT2D eigenvalue weighted by Crippen LogP contribution is -2.43. The molecule has 0 saturated carbocycles. The van der Waals surface area contributed by atoms with Crippen LogP contribution in [0.5, 0.6) is 0 Å². The molecule has 6 nitrogen and oxygen atoms in total. The molecular weight excluding hydrogens is 306 g/mol. The second-order valence-electron chi connectivity index (χ2n) is 6.49. The van der Waals surface area contributed by atoms with E-state index in [0.29, 0.717) is 23.6 Å². The fraction of sp³-hybridized carbons (Fsp3) is 0.333. The van der Waals surface area contributed by atoms with Crippen LogP contribution in [0.25, 0.3) is 0 Å². The predicted molar refractivity (Wildman–Crippen MR) is 92.7 cm³/mol. The van der Waals surface area contributed by atoms with Gasteiger partial charge in [-0.1, -0.05) is 6.07 Å². The first-order chi connectivity index (χ1) is 11.3. The van der Waals surface area contributed by atoms with Crippen molar-refractivity contribution in [3.8, 4) is 0 Å². The Hall–Kier alpha value is -2.76. The highest BCUT2D eigenvalue weighted by Crippen LogP contribution is 2.11. The molecule has 1 heterocycles. The van der Waals surface area contributed by atoms with Crippen molar-refractivity contribution in [1.29, 1.82) is 0 Å². The third-order valence-corrected chi connectivity index (χ3v) is 3.10. The minimum atomic E-state index is -0.271. The Kier molecular flexibility index (Phi) is 5.63. The Bertz CT molecular complexity index is 688. The van der Waals surface area contributed by atoms with Crippen molar-refractivity contribution in [2.45, 2.75) is 32.9 Å². The lowest BCUT2D eigenvalue weighted by Gasteiger charge is -2.20. The summed E-state index contributed by atoms with van der Waals surface area (Å²) >= 11 is 0. The minimum Gasteiger partial charge on any atom is -0.467 e. The maximum atomic E-state index is 12.2. The topological polar surface area (TPSA) is 83.4 Å². The maximum Gasteiger partial charge on any atom is 0.251 e. The fourth-order valence-corrected chi connectivity index (χ4v) is 2.10. The van der Waals surface area contributed by atoms with Crippen LogP contribution in [0, 0.1) is 0 Å². The smallest absolute Gasteiger partial charge is 0.251 e. The molecule has 6 heteroatoms. The zero-order valence-electron chi connectivity index (χ0n) is 14.2. The predicted octanol–water partition coefficient (Wildman–Crippen LogP) is 2.54. The second kappa shape index (κ2) is 7.68. The lowest BCUT2D eigenvalue weighted by atomic mass is 10.1. The molecule has 24 heavy (non-hydrogen) atoms. The molecule has 3 N–H and O–H groups in total. The molecule has 2 aromatic rings. The second-order valence-corrected chi connectivity index (χ2v) is 6.49. The highest BCUT2D eigenvalue weighted by atomic mass is 16.3. The van der Waals surface area contributed by atoms with Gasteiger partial charge in [0.1, 0.15) is 5.76 Å². The molecule has 2 rings (SSSR count). The first-order valence-corrected chi connectivity index (χ1v) is 7.79. The third-order valence-electron chi connectivity index (χ3n) is 3.10. The van der Waals surface area contributed by atoms with Crippen LogP contribution in [0.3, 0.4) is 0 Å². The molecule has 128 valence electrons. The van der Waals surface area contributed by atoms with Gasteiger partial charge in [-0.05, 0) is 51.1 Å². The molecule has 2 amide bonds. The Morgan fingerprint density at radius 3 is 2.58 bits per heavy atom. The van der Waals surface area contributed by atoms with Crippen LogP contribution in [-0.4, -0.2) is 23.9 Å². The van der Waals surface area contributed by atoms with E-state index < -0.39 is 0 Å². The average Bonchev–Trinajstić information content (AvgIpc) is 3.02. The lowest BCUT2D eigenvalue weighted by molar-refractivity contribution is -0.120. The number of nitrogens with one attached hydrogen (secondary N) is 3. The molecule has 0 aliphatic heterocycles. The van der Waals surface area contributed by atoms with E-state index in [-0.39, 0.29) is 23.9 Å². The van der Waals surface area contributed by atoms with Gasteiger partial charge in [0.2, 0.25) is 5.91 Å². The van der Waals surface area contributed by atoms with Crippen LogP contribution >= 0.6 is 0 Å². The summed E-state index contributed by atoms with van der Waals surface area (Å²) in [4.78, 5) is 24.0. The summed E-state index contributed by atoms with van der Waals surface area (Å²) in [5, 5.41) is 8.68. The molecule has 1 aromatic heterocycles. The average molecular weight is 329 g/mol. The van der Waals surface area contributed by atoms with Gasteiger partial charge in [0.25, 0.3) is 5.91 Å². The van der Waals surface area contributed by atoms with Gasteiger partial charge in [-0.2, -0.15) is 0 Å². The quantitative estimate of drug-likeness (QED) is 0.760. The summed E-state index contributed by atoms with van der Waals surface area (Å²) < 4.78 is 5.18. The van der Waals surface area contributed by atoms with Gasteiger partial charge in [-0.3, -0.25) is 9.59 Å². The Morgan fingerprint density at radius 2 is 1.92 bits per heavy atom. The Balaban J connectivity index is 1.88. The van der Waals surface area contributed by atoms with Crippen LogP contribution in [0.15, 0.2) is 47.1 Å². The number of amides is 2. The molecule has 0 aliphatic carbocycles. The van der Waals surface area contributed by atoms with Gasteiger partial charge in [-0.15, -0.1) is 0 Å². The van der Waals surface area contributed by atoms with Crippen LogP contribution in [-0.2, 0) is 11.3 Å². The van der Waals surface area contributed by atoms with Crippen LogP contribution in [0.1, 0.15) is 36.9 Å². The summed E-state index contributed by atoms with van der Waals surface area (Å²) in [5.41, 5.74) is 0.958. The largest absolute Gasteiger partial charge is 0.467 e. The van der Waals surface area contributed by atoms with Gasteiger partial charge in [0.05, 0.1) is 19.4 Å². The summed E-state index contributed by atoms with van der Waals surface area (Å²) in [5.74, 6) is 0.390. The fourth-order valence-electron chi connectivity index (χ4n) is 2.10. The molecule has 0 radical (unpaired) electrons. The van der Waals surface area contributed by atoms with Crippen LogP contribution in [0.4, 0.5) is 5.69 Å². The Morgan fingerprint density at radius 1 is 1.12 bits per heavy atom. The maximum absolute atomic E-state index is 12.2. The zero-order valence-corrected chi connectivity index (χ0v) is 14.2. The van der Waals surface area contributed by atoms with Crippen molar-refractivity contribution < 1.29 is 14.0 Å². The van der Waals surface area contributed by atoms with Crippen molar-refractivity contribution in [1.82, 2.24) is 10.6 Å². The SMILES string of the molecule is CC(C)(C)NC(=O)CNc1cccc(C(=O)NCc2ccco2)c1. The van der Waals surface area contributed by atoms with E-state index in [2.05, 4.69) is 16.0 Å². The summed E-state index contributed by atoms with van der Waals surface area (Å²) in [7, 11) is 0. The van der Waals surface area contributed by atoms with E-state index in [0.717, 1.165) is 0 Å². The van der Waals surface area contributed by atoms with E-state index in [1.54, 1.807) is 36.6 Å². The third kappa shape index (κ3) is 5.79. The number of carbonyl (C=O) groups is 2. The Labute approximate surface area is 141 Å². The summed E-state index contributed by atoms with van der Waals surface area (Å²) in [6.07, 6.45) is 1.56. The van der Waals surface area contributed by atoms with Crippen molar-refractivity contribution in [3.05, 3.63) is 54.0 Å². The molecule has 1 aromatic carbocycles. The van der Waals surface area contributed by atoms with Crippen LogP contribution in [0.2, 0.25) is 0 Å². The van der Waals surface area contributed by atoms with E-state index in [1.807, 2.05) is 26.8 Å². The van der Waals surface area contributed by atoms with E-state index in [4.69, 9.17) is 4.42 Å². The van der Waals surface area contributed by atoms with Crippen molar-refractivity contribution in [2.24, 2.45) is 0 Å². The number of hydrogen-bond acceptors (Lipinski definition) is 4. The van der Waals surface area contributed by atoms with Gasteiger partial charge in [-0.25, -0.2) is 0 Å². The molecule has 0 atom stereocenters. The first kappa shape index (κ1) is 17.6. The zero-order chi connectivity index (χ0) is 17.6. The van der Waals surface area contributed by atoms with Crippen molar-refractivity contribution in [3.63, 3.8) is 0 Å². The molecule has 0 aliphatic rings. The summed E-state index contributed by atoms with van der Waals surface area (Å²) in [6, 6.07) is 10.6. The van der Waals surface area contributed by atoms with E-state index in [9.17, 15) is 9.59 Å². The van der Waals surface area contributed by atoms with Crippen molar-refractivity contribution >= 4 is 17.5 Å². The van der Waals surface area contributed by atoms with Gasteiger partial charge in [0.15, 0.2) is 0 Å². The number of hydrogen-bond donors (Lipinski definition) is 3. The first-order valence-electron chi connectivity index (χ1n) is 7.79. The summed E-state index contributed by atoms with van der Waals surface area (Å²) in [6.45, 7) is 6.25. The highest BCUT2D eigenvalue weighted by molar-refractivity contribution is 5.95. The van der Waals surface area contributed by atoms with Gasteiger partial charge >= 0.3 is 0 Å². The number of rotatable bonds is 6. The normalized spacial score (nSPS) is 11.0. The molecule has 0 fully saturated rings. The molecule has 0 saturated heterocycles. The molecule has 0 spiro atoms. The van der Waals surface area contributed by atoms with Crippen molar-refractivity contribution in [2.75, 3.05) is 11.9 Å². The van der Waals surface area contributed by atoms with Gasteiger partial charge < -0.3 is 20.4 Å². The number of benzene rings is 1. The monoisotopic (exact) mass is 329 g/mol. The number of carbonyl (C=O) groups excluding carboxylic acids is 2. The van der Waals surface area contributed by atoms with E-state index in [1.165, 1.54) is 0 Å². The van der Waals surface area contributed by atoms with E-state index >= 15 is 0 Å². The molecular formula is C18H23N3O3.